The molecule has 10 heteroatoms. The quantitative estimate of drug-likeness (QED) is 0.157. The summed E-state index contributed by atoms with van der Waals surface area (Å²) < 4.78 is 0. The number of aliphatic hydroxyl groups excluding tert-OH is 4. The molecule has 10 nitrogen and oxygen atoms in total. The second kappa shape index (κ2) is 12.6. The fourth-order valence-corrected chi connectivity index (χ4v) is 2.08. The average Bonchev–Trinajstić information content (AvgIpc) is 2.57. The summed E-state index contributed by atoms with van der Waals surface area (Å²) in [4.78, 5) is 22.5. The molecule has 25 heavy (non-hydrogen) atoms. The van der Waals surface area contributed by atoms with Gasteiger partial charge in [-0.1, -0.05) is 6.58 Å². The number of hydrogen-bond acceptors (Lipinski definition) is 8. The molecule has 9 N–H and O–H groups in total. The molecule has 0 saturated heterocycles. The molecule has 0 bridgehead atoms. The van der Waals surface area contributed by atoms with E-state index < -0.39 is 24.2 Å². The minimum Gasteiger partial charge on any atom is -0.396 e. The van der Waals surface area contributed by atoms with Gasteiger partial charge in [-0.2, -0.15) is 0 Å². The normalized spacial score (nSPS) is 15.7. The zero-order valence-corrected chi connectivity index (χ0v) is 14.4. The van der Waals surface area contributed by atoms with Crippen molar-refractivity contribution in [3.8, 4) is 0 Å². The topological polar surface area (TPSA) is 177 Å². The van der Waals surface area contributed by atoms with Crippen LogP contribution in [0.3, 0.4) is 0 Å². The summed E-state index contributed by atoms with van der Waals surface area (Å²) in [5, 5.41) is 45.7. The van der Waals surface area contributed by atoms with Gasteiger partial charge in [-0.25, -0.2) is 0 Å². The summed E-state index contributed by atoms with van der Waals surface area (Å²) >= 11 is 0. The standard InChI is InChI=1S/C15H30N4O6/c1-9(18-8-13(16)23)10(17-2)3-4-14(24)19-7-12(22)15(25)11(21)5-6-20/h10-12,15,17-18,20-22,25H,1,3-8H2,2H3,(H2,16,23)(H,19,24). The van der Waals surface area contributed by atoms with Gasteiger partial charge in [0.1, 0.15) is 6.10 Å². The maximum atomic E-state index is 11.8. The molecular formula is C15H30N4O6. The van der Waals surface area contributed by atoms with Crippen LogP contribution < -0.4 is 21.7 Å². The molecule has 0 rings (SSSR count). The number of likely N-dealkylation sites (N-methyl/N-ethyl adjacent to an activating group) is 1. The summed E-state index contributed by atoms with van der Waals surface area (Å²) in [5.41, 5.74) is 5.56. The van der Waals surface area contributed by atoms with Gasteiger partial charge in [-0.3, -0.25) is 9.59 Å². The summed E-state index contributed by atoms with van der Waals surface area (Å²) in [5.74, 6) is -0.879. The van der Waals surface area contributed by atoms with Gasteiger partial charge in [0, 0.05) is 31.3 Å². The molecule has 0 spiro atoms. The van der Waals surface area contributed by atoms with E-state index in [1.807, 2.05) is 0 Å². The van der Waals surface area contributed by atoms with Crippen LogP contribution in [-0.2, 0) is 9.59 Å². The lowest BCUT2D eigenvalue weighted by molar-refractivity contribution is -0.123. The highest BCUT2D eigenvalue weighted by Crippen LogP contribution is 2.06. The number of carbonyl (C=O) groups excluding carboxylic acids is 2. The van der Waals surface area contributed by atoms with E-state index in [1.165, 1.54) is 0 Å². The number of aliphatic hydroxyl groups is 4. The zero-order chi connectivity index (χ0) is 19.4. The molecule has 0 aliphatic rings. The van der Waals surface area contributed by atoms with Crippen LogP contribution in [0, 0.1) is 0 Å². The van der Waals surface area contributed by atoms with Gasteiger partial charge >= 0.3 is 0 Å². The van der Waals surface area contributed by atoms with Crippen molar-refractivity contribution in [1.82, 2.24) is 16.0 Å². The third-order valence-electron chi connectivity index (χ3n) is 3.64. The Labute approximate surface area is 147 Å². The van der Waals surface area contributed by atoms with Gasteiger partial charge in [-0.15, -0.1) is 0 Å². The maximum Gasteiger partial charge on any atom is 0.236 e. The largest absolute Gasteiger partial charge is 0.396 e. The van der Waals surface area contributed by atoms with Crippen LogP contribution in [0.5, 0.6) is 0 Å². The molecule has 4 atom stereocenters. The van der Waals surface area contributed by atoms with Crippen LogP contribution in [0.15, 0.2) is 12.3 Å². The van der Waals surface area contributed by atoms with E-state index in [0.29, 0.717) is 12.1 Å². The highest BCUT2D eigenvalue weighted by Gasteiger charge is 2.24. The lowest BCUT2D eigenvalue weighted by Gasteiger charge is -2.23. The van der Waals surface area contributed by atoms with Crippen LogP contribution in [0.25, 0.3) is 0 Å². The molecule has 0 saturated carbocycles. The highest BCUT2D eigenvalue weighted by molar-refractivity contribution is 5.76. The third kappa shape index (κ3) is 9.99. The van der Waals surface area contributed by atoms with Crippen LogP contribution in [0.4, 0.5) is 0 Å². The van der Waals surface area contributed by atoms with Crippen molar-refractivity contribution in [2.45, 2.75) is 43.6 Å². The summed E-state index contributed by atoms with van der Waals surface area (Å²) in [6, 6.07) is -0.257. The van der Waals surface area contributed by atoms with Crippen LogP contribution in [0.1, 0.15) is 19.3 Å². The van der Waals surface area contributed by atoms with Gasteiger partial charge in [0.05, 0.1) is 18.8 Å². The molecule has 0 aromatic heterocycles. The first-order chi connectivity index (χ1) is 11.7. The number of nitrogens with one attached hydrogen (secondary N) is 3. The van der Waals surface area contributed by atoms with Crippen LogP contribution >= 0.6 is 0 Å². The second-order valence-electron chi connectivity index (χ2n) is 5.67. The first-order valence-corrected chi connectivity index (χ1v) is 8.02. The Bertz CT molecular complexity index is 434. The first-order valence-electron chi connectivity index (χ1n) is 8.02. The fourth-order valence-electron chi connectivity index (χ4n) is 2.08. The molecule has 4 unspecified atom stereocenters. The highest BCUT2D eigenvalue weighted by atomic mass is 16.4. The van der Waals surface area contributed by atoms with Crippen molar-refractivity contribution < 1.29 is 30.0 Å². The minimum atomic E-state index is -1.46. The van der Waals surface area contributed by atoms with Crippen molar-refractivity contribution in [2.75, 3.05) is 26.7 Å². The van der Waals surface area contributed by atoms with Gasteiger partial charge in [-0.05, 0) is 19.9 Å². The van der Waals surface area contributed by atoms with E-state index in [-0.39, 0.29) is 44.5 Å². The summed E-state index contributed by atoms with van der Waals surface area (Å²) in [6.45, 7) is 3.17. The monoisotopic (exact) mass is 362 g/mol. The van der Waals surface area contributed by atoms with Crippen LogP contribution in [-0.4, -0.2) is 83.3 Å². The molecule has 0 aromatic carbocycles. The Balaban J connectivity index is 4.19. The Morgan fingerprint density at radius 3 is 2.28 bits per heavy atom. The molecular weight excluding hydrogens is 332 g/mol. The fraction of sp³-hybridized carbons (Fsp3) is 0.733. The molecule has 0 aliphatic carbocycles. The van der Waals surface area contributed by atoms with Gasteiger partial charge in [0.25, 0.3) is 0 Å². The van der Waals surface area contributed by atoms with Gasteiger partial charge < -0.3 is 42.1 Å². The van der Waals surface area contributed by atoms with Crippen molar-refractivity contribution in [1.29, 1.82) is 0 Å². The second-order valence-corrected chi connectivity index (χ2v) is 5.67. The van der Waals surface area contributed by atoms with Crippen LogP contribution in [0.2, 0.25) is 0 Å². The number of carbonyl (C=O) groups is 2. The number of primary amides is 1. The van der Waals surface area contributed by atoms with E-state index >= 15 is 0 Å². The Morgan fingerprint density at radius 1 is 1.12 bits per heavy atom. The molecule has 0 fully saturated rings. The van der Waals surface area contributed by atoms with E-state index in [9.17, 15) is 24.9 Å². The first kappa shape index (κ1) is 23.3. The smallest absolute Gasteiger partial charge is 0.236 e. The number of amides is 2. The SMILES string of the molecule is C=C(NCC(N)=O)C(CCC(=O)NCC(O)C(O)C(O)CCO)NC. The lowest BCUT2D eigenvalue weighted by Crippen LogP contribution is -2.45. The van der Waals surface area contributed by atoms with E-state index in [0.717, 1.165) is 0 Å². The average molecular weight is 362 g/mol. The molecule has 2 amide bonds. The Hall–Kier alpha value is -1.72. The van der Waals surface area contributed by atoms with Crippen molar-refractivity contribution >= 4 is 11.8 Å². The number of nitrogens with two attached hydrogens (primary N) is 1. The maximum absolute atomic E-state index is 11.8. The van der Waals surface area contributed by atoms with E-state index in [2.05, 4.69) is 22.5 Å². The van der Waals surface area contributed by atoms with Gasteiger partial charge in [0.15, 0.2) is 0 Å². The molecule has 0 radical (unpaired) electrons. The zero-order valence-electron chi connectivity index (χ0n) is 14.4. The molecule has 0 aromatic rings. The predicted molar refractivity (Wildman–Crippen MR) is 91.2 cm³/mol. The molecule has 0 aliphatic heterocycles. The molecule has 146 valence electrons. The summed E-state index contributed by atoms with van der Waals surface area (Å²) in [6.07, 6.45) is -3.65. The molecule has 0 heterocycles. The Morgan fingerprint density at radius 2 is 1.76 bits per heavy atom. The van der Waals surface area contributed by atoms with Crippen molar-refractivity contribution in [3.63, 3.8) is 0 Å². The van der Waals surface area contributed by atoms with Gasteiger partial charge in [0.2, 0.25) is 11.8 Å². The van der Waals surface area contributed by atoms with E-state index in [1.54, 1.807) is 7.05 Å². The number of hydrogen-bond donors (Lipinski definition) is 8. The lowest BCUT2D eigenvalue weighted by atomic mass is 10.1. The van der Waals surface area contributed by atoms with Crippen molar-refractivity contribution in [2.24, 2.45) is 5.73 Å². The predicted octanol–water partition coefficient (Wildman–Crippen LogP) is -3.48. The Kier molecular flexibility index (Phi) is 11.7. The third-order valence-corrected chi connectivity index (χ3v) is 3.64. The van der Waals surface area contributed by atoms with Crippen molar-refractivity contribution in [3.05, 3.63) is 12.3 Å². The summed E-state index contributed by atoms with van der Waals surface area (Å²) in [7, 11) is 1.68. The van der Waals surface area contributed by atoms with E-state index in [4.69, 9.17) is 10.8 Å². The minimum absolute atomic E-state index is 0.0521. The number of rotatable bonds is 14.